The van der Waals surface area contributed by atoms with Crippen LogP contribution in [0.2, 0.25) is 10.0 Å². The Morgan fingerprint density at radius 3 is 2.21 bits per heavy atom. The topological polar surface area (TPSA) is 31.9 Å². The van der Waals surface area contributed by atoms with Crippen molar-refractivity contribution in [2.45, 2.75) is 25.2 Å². The lowest BCUT2D eigenvalue weighted by Crippen LogP contribution is -2.27. The summed E-state index contributed by atoms with van der Waals surface area (Å²) >= 11 is 12.2. The summed E-state index contributed by atoms with van der Waals surface area (Å²) in [5.74, 6) is 1.07. The van der Waals surface area contributed by atoms with Crippen LogP contribution >= 0.6 is 23.2 Å². The number of halogens is 2. The van der Waals surface area contributed by atoms with Gasteiger partial charge in [-0.3, -0.25) is 0 Å². The van der Waals surface area contributed by atoms with Crippen LogP contribution < -0.4 is 0 Å². The maximum Gasteiger partial charge on any atom is 0.0921 e. The highest BCUT2D eigenvalue weighted by Crippen LogP contribution is 2.30. The van der Waals surface area contributed by atoms with Crippen molar-refractivity contribution < 1.29 is 0 Å². The van der Waals surface area contributed by atoms with Crippen LogP contribution in [-0.2, 0) is 6.42 Å². The zero-order chi connectivity index (χ0) is 19.3. The van der Waals surface area contributed by atoms with Crippen molar-refractivity contribution in [1.82, 2.24) is 14.9 Å². The second kappa shape index (κ2) is 9.13. The number of aromatic nitrogens is 2. The molecule has 146 valence electrons. The normalized spacial score (nSPS) is 17.5. The van der Waals surface area contributed by atoms with Gasteiger partial charge in [-0.1, -0.05) is 47.5 Å². The van der Waals surface area contributed by atoms with E-state index in [2.05, 4.69) is 39.1 Å². The zero-order valence-electron chi connectivity index (χ0n) is 15.8. The number of nitrogens with one attached hydrogen (secondary N) is 1. The van der Waals surface area contributed by atoms with E-state index in [4.69, 9.17) is 23.2 Å². The van der Waals surface area contributed by atoms with Crippen molar-refractivity contribution in [3.63, 3.8) is 0 Å². The first kappa shape index (κ1) is 19.5. The van der Waals surface area contributed by atoms with Gasteiger partial charge in [0.05, 0.1) is 6.33 Å². The van der Waals surface area contributed by atoms with Crippen molar-refractivity contribution in [3.05, 3.63) is 87.9 Å². The molecule has 1 fully saturated rings. The Labute approximate surface area is 176 Å². The molecule has 0 saturated carbocycles. The summed E-state index contributed by atoms with van der Waals surface area (Å²) in [6.07, 6.45) is 7.26. The SMILES string of the molecule is Clc1ccc(C(CN2CCC(CCc3cnc[nH]3)C2)c2ccc(Cl)cc2)cc1. The van der Waals surface area contributed by atoms with Gasteiger partial charge in [0.15, 0.2) is 0 Å². The van der Waals surface area contributed by atoms with Crippen LogP contribution in [0.1, 0.15) is 35.6 Å². The average Bonchev–Trinajstić information content (AvgIpc) is 3.38. The minimum absolute atomic E-state index is 0.320. The lowest BCUT2D eigenvalue weighted by molar-refractivity contribution is 0.310. The fourth-order valence-electron chi connectivity index (χ4n) is 4.15. The van der Waals surface area contributed by atoms with Gasteiger partial charge in [0.2, 0.25) is 0 Å². The lowest BCUT2D eigenvalue weighted by atomic mass is 9.91. The van der Waals surface area contributed by atoms with Crippen LogP contribution in [0.25, 0.3) is 0 Å². The Hall–Kier alpha value is -1.81. The summed E-state index contributed by atoms with van der Waals surface area (Å²) in [6, 6.07) is 16.5. The Balaban J connectivity index is 1.43. The summed E-state index contributed by atoms with van der Waals surface area (Å²) in [6.45, 7) is 3.33. The third kappa shape index (κ3) is 4.96. The maximum absolute atomic E-state index is 6.11. The molecular formula is C23H25Cl2N3. The number of hydrogen-bond acceptors (Lipinski definition) is 2. The van der Waals surface area contributed by atoms with Crippen LogP contribution in [0.15, 0.2) is 61.1 Å². The first-order valence-corrected chi connectivity index (χ1v) is 10.6. The number of hydrogen-bond donors (Lipinski definition) is 1. The third-order valence-electron chi connectivity index (χ3n) is 5.73. The standard InChI is InChI=1S/C23H25Cl2N3/c24-20-6-2-18(3-7-20)23(19-4-8-21(25)9-5-19)15-28-12-11-17(14-28)1-10-22-13-26-16-27-22/h2-9,13,16-17,23H,1,10-12,14-15H2,(H,26,27). The molecule has 4 rings (SSSR count). The molecule has 1 N–H and O–H groups in total. The van der Waals surface area contributed by atoms with Crippen molar-refractivity contribution in [2.75, 3.05) is 19.6 Å². The predicted molar refractivity (Wildman–Crippen MR) is 116 cm³/mol. The van der Waals surface area contributed by atoms with Crippen LogP contribution in [0.3, 0.4) is 0 Å². The van der Waals surface area contributed by atoms with Gasteiger partial charge in [-0.25, -0.2) is 4.98 Å². The molecule has 5 heteroatoms. The summed E-state index contributed by atoms with van der Waals surface area (Å²) in [7, 11) is 0. The van der Waals surface area contributed by atoms with E-state index in [9.17, 15) is 0 Å². The predicted octanol–water partition coefficient (Wildman–Crippen LogP) is 5.80. The second-order valence-electron chi connectivity index (χ2n) is 7.69. The highest BCUT2D eigenvalue weighted by atomic mass is 35.5. The number of benzene rings is 2. The van der Waals surface area contributed by atoms with E-state index >= 15 is 0 Å². The molecule has 1 aromatic heterocycles. The van der Waals surface area contributed by atoms with Gasteiger partial charge in [0, 0.05) is 40.9 Å². The molecule has 1 unspecified atom stereocenters. The lowest BCUT2D eigenvalue weighted by Gasteiger charge is -2.25. The van der Waals surface area contributed by atoms with E-state index < -0.39 is 0 Å². The number of aryl methyl sites for hydroxylation is 1. The van der Waals surface area contributed by atoms with Gasteiger partial charge in [-0.15, -0.1) is 0 Å². The van der Waals surface area contributed by atoms with Crippen molar-refractivity contribution >= 4 is 23.2 Å². The van der Waals surface area contributed by atoms with Gasteiger partial charge in [-0.05, 0) is 67.1 Å². The largest absolute Gasteiger partial charge is 0.348 e. The molecule has 1 atom stereocenters. The minimum Gasteiger partial charge on any atom is -0.348 e. The fourth-order valence-corrected chi connectivity index (χ4v) is 4.40. The molecule has 0 bridgehead atoms. The number of nitrogens with zero attached hydrogens (tertiary/aromatic N) is 2. The number of aromatic amines is 1. The molecule has 0 aliphatic carbocycles. The van der Waals surface area contributed by atoms with E-state index in [1.807, 2.05) is 30.5 Å². The van der Waals surface area contributed by atoms with E-state index in [1.165, 1.54) is 29.7 Å². The molecule has 28 heavy (non-hydrogen) atoms. The van der Waals surface area contributed by atoms with Gasteiger partial charge in [-0.2, -0.15) is 0 Å². The van der Waals surface area contributed by atoms with Crippen molar-refractivity contribution in [3.8, 4) is 0 Å². The molecule has 2 aromatic carbocycles. The molecule has 1 saturated heterocycles. The van der Waals surface area contributed by atoms with E-state index in [0.29, 0.717) is 5.92 Å². The molecular weight excluding hydrogens is 389 g/mol. The number of imidazole rings is 1. The van der Waals surface area contributed by atoms with Crippen LogP contribution in [0.4, 0.5) is 0 Å². The summed E-state index contributed by atoms with van der Waals surface area (Å²) in [5, 5.41) is 1.55. The maximum atomic E-state index is 6.11. The Morgan fingerprint density at radius 2 is 1.64 bits per heavy atom. The molecule has 3 aromatic rings. The zero-order valence-corrected chi connectivity index (χ0v) is 17.3. The van der Waals surface area contributed by atoms with Crippen LogP contribution in [-0.4, -0.2) is 34.5 Å². The first-order chi connectivity index (χ1) is 13.7. The van der Waals surface area contributed by atoms with Crippen LogP contribution in [0, 0.1) is 5.92 Å². The summed E-state index contributed by atoms with van der Waals surface area (Å²) < 4.78 is 0. The highest BCUT2D eigenvalue weighted by Gasteiger charge is 2.26. The van der Waals surface area contributed by atoms with Gasteiger partial charge >= 0.3 is 0 Å². The minimum atomic E-state index is 0.320. The average molecular weight is 414 g/mol. The van der Waals surface area contributed by atoms with E-state index in [0.717, 1.165) is 42.0 Å². The Kier molecular flexibility index (Phi) is 6.36. The molecule has 1 aliphatic rings. The van der Waals surface area contributed by atoms with Gasteiger partial charge in [0.1, 0.15) is 0 Å². The quantitative estimate of drug-likeness (QED) is 0.530. The number of H-pyrrole nitrogens is 1. The summed E-state index contributed by atoms with van der Waals surface area (Å²) in [5.41, 5.74) is 3.83. The van der Waals surface area contributed by atoms with Crippen molar-refractivity contribution in [2.24, 2.45) is 5.92 Å². The van der Waals surface area contributed by atoms with E-state index in [1.54, 1.807) is 6.33 Å². The van der Waals surface area contributed by atoms with E-state index in [-0.39, 0.29) is 0 Å². The molecule has 1 aliphatic heterocycles. The fraction of sp³-hybridized carbons (Fsp3) is 0.348. The Bertz CT molecular complexity index is 814. The molecule has 3 nitrogen and oxygen atoms in total. The third-order valence-corrected chi connectivity index (χ3v) is 6.24. The van der Waals surface area contributed by atoms with Crippen molar-refractivity contribution in [1.29, 1.82) is 0 Å². The van der Waals surface area contributed by atoms with Crippen LogP contribution in [0.5, 0.6) is 0 Å². The molecule has 0 spiro atoms. The molecule has 0 radical (unpaired) electrons. The smallest absolute Gasteiger partial charge is 0.0921 e. The Morgan fingerprint density at radius 1 is 1.00 bits per heavy atom. The second-order valence-corrected chi connectivity index (χ2v) is 8.56. The van der Waals surface area contributed by atoms with Gasteiger partial charge in [0.25, 0.3) is 0 Å². The molecule has 0 amide bonds. The highest BCUT2D eigenvalue weighted by molar-refractivity contribution is 6.30. The monoisotopic (exact) mass is 413 g/mol. The number of rotatable bonds is 7. The summed E-state index contributed by atoms with van der Waals surface area (Å²) in [4.78, 5) is 9.93. The first-order valence-electron chi connectivity index (χ1n) is 9.88. The number of likely N-dealkylation sites (tertiary alicyclic amines) is 1. The van der Waals surface area contributed by atoms with Gasteiger partial charge < -0.3 is 9.88 Å². The molecule has 2 heterocycles.